The van der Waals surface area contributed by atoms with Gasteiger partial charge >= 0.3 is 0 Å². The van der Waals surface area contributed by atoms with Crippen LogP contribution in [0.5, 0.6) is 0 Å². The van der Waals surface area contributed by atoms with Crippen molar-refractivity contribution in [1.29, 1.82) is 5.26 Å². The summed E-state index contributed by atoms with van der Waals surface area (Å²) in [6.45, 7) is 6.22. The largest absolute Gasteiger partial charge is 1.00 e. The molecule has 0 radical (unpaired) electrons. The Morgan fingerprint density at radius 3 is 2.06 bits per heavy atom. The summed E-state index contributed by atoms with van der Waals surface area (Å²) in [7, 11) is 2.14. The van der Waals surface area contributed by atoms with E-state index < -0.39 is 0 Å². The molecule has 1 aromatic rings. The zero-order valence-electron chi connectivity index (χ0n) is 10.2. The van der Waals surface area contributed by atoms with Crippen molar-refractivity contribution in [3.05, 3.63) is 35.9 Å². The van der Waals surface area contributed by atoms with Crippen molar-refractivity contribution in [2.45, 2.75) is 19.9 Å². The molecule has 1 atom stereocenters. The quantitative estimate of drug-likeness (QED) is 0.551. The summed E-state index contributed by atoms with van der Waals surface area (Å²) in [4.78, 5) is 0. The second kappa shape index (κ2) is 6.87. The number of nitriles is 1. The Labute approximate surface area is 115 Å². The molecule has 3 heteroatoms. The van der Waals surface area contributed by atoms with E-state index >= 15 is 0 Å². The van der Waals surface area contributed by atoms with Crippen molar-refractivity contribution in [2.75, 3.05) is 20.1 Å². The zero-order chi connectivity index (χ0) is 11.3. The van der Waals surface area contributed by atoms with Gasteiger partial charge in [-0.1, -0.05) is 30.3 Å². The summed E-state index contributed by atoms with van der Waals surface area (Å²) in [5, 5.41) is 9.31. The zero-order valence-corrected chi connectivity index (χ0v) is 12.3. The Hall–Kier alpha value is -0.600. The van der Waals surface area contributed by atoms with Crippen LogP contribution in [0, 0.1) is 11.3 Å². The monoisotopic (exact) mass is 330 g/mol. The van der Waals surface area contributed by atoms with Crippen LogP contribution in [0.1, 0.15) is 25.5 Å². The molecule has 0 aliphatic heterocycles. The van der Waals surface area contributed by atoms with Gasteiger partial charge in [-0.05, 0) is 13.8 Å². The normalized spacial score (nSPS) is 12.4. The second-order valence-electron chi connectivity index (χ2n) is 4.05. The van der Waals surface area contributed by atoms with Crippen molar-refractivity contribution >= 4 is 0 Å². The average Bonchev–Trinajstić information content (AvgIpc) is 2.31. The minimum atomic E-state index is -0.0544. The molecule has 88 valence electrons. The van der Waals surface area contributed by atoms with E-state index in [9.17, 15) is 5.26 Å². The van der Waals surface area contributed by atoms with Crippen molar-refractivity contribution in [1.82, 2.24) is 0 Å². The number of halogens is 1. The molecule has 0 fully saturated rings. The molecule has 0 spiro atoms. The first-order valence-electron chi connectivity index (χ1n) is 5.46. The van der Waals surface area contributed by atoms with Crippen LogP contribution in [-0.4, -0.2) is 24.6 Å². The molecule has 0 aliphatic rings. The predicted octanol–water partition coefficient (Wildman–Crippen LogP) is -0.258. The Bertz CT molecular complexity index is 339. The van der Waals surface area contributed by atoms with Gasteiger partial charge in [0.1, 0.15) is 6.07 Å². The van der Waals surface area contributed by atoms with E-state index in [-0.39, 0.29) is 30.0 Å². The van der Waals surface area contributed by atoms with Crippen LogP contribution >= 0.6 is 0 Å². The van der Waals surface area contributed by atoms with Crippen LogP contribution in [-0.2, 0) is 0 Å². The van der Waals surface area contributed by atoms with Gasteiger partial charge in [0, 0.05) is 5.56 Å². The Balaban J connectivity index is 0.00000225. The van der Waals surface area contributed by atoms with Crippen LogP contribution in [0.2, 0.25) is 0 Å². The Morgan fingerprint density at radius 1 is 1.19 bits per heavy atom. The molecule has 0 saturated carbocycles. The number of rotatable bonds is 4. The fourth-order valence-corrected chi connectivity index (χ4v) is 1.80. The van der Waals surface area contributed by atoms with Crippen LogP contribution in [0.15, 0.2) is 30.3 Å². The minimum Gasteiger partial charge on any atom is -1.00 e. The molecule has 0 saturated heterocycles. The molecule has 1 unspecified atom stereocenters. The van der Waals surface area contributed by atoms with E-state index in [1.54, 1.807) is 0 Å². The first-order valence-corrected chi connectivity index (χ1v) is 5.46. The number of benzene rings is 1. The van der Waals surface area contributed by atoms with Gasteiger partial charge in [-0.3, -0.25) is 0 Å². The van der Waals surface area contributed by atoms with Crippen molar-refractivity contribution < 1.29 is 28.5 Å². The number of nitrogens with zero attached hydrogens (tertiary/aromatic N) is 2. The lowest BCUT2D eigenvalue weighted by Crippen LogP contribution is -3.00. The number of hydrogen-bond donors (Lipinski definition) is 0. The molecule has 0 aliphatic carbocycles. The van der Waals surface area contributed by atoms with Crippen LogP contribution < -0.4 is 24.0 Å². The molecule has 0 amide bonds. The maximum absolute atomic E-state index is 9.31. The number of quaternary nitrogens is 1. The van der Waals surface area contributed by atoms with Crippen LogP contribution in [0.4, 0.5) is 0 Å². The molecule has 2 nitrogen and oxygen atoms in total. The fraction of sp³-hybridized carbons (Fsp3) is 0.462. The minimum absolute atomic E-state index is 0. The maximum Gasteiger partial charge on any atom is 0.202 e. The molecular weight excluding hydrogens is 311 g/mol. The van der Waals surface area contributed by atoms with E-state index in [1.807, 2.05) is 30.3 Å². The molecule has 16 heavy (non-hydrogen) atoms. The summed E-state index contributed by atoms with van der Waals surface area (Å²) in [6.07, 6.45) is 0. The highest BCUT2D eigenvalue weighted by Crippen LogP contribution is 2.25. The van der Waals surface area contributed by atoms with E-state index in [1.165, 1.54) is 0 Å². The first kappa shape index (κ1) is 15.4. The van der Waals surface area contributed by atoms with Crippen molar-refractivity contribution in [3.63, 3.8) is 0 Å². The lowest BCUT2D eigenvalue weighted by Gasteiger charge is -2.36. The predicted molar refractivity (Wildman–Crippen MR) is 62.1 cm³/mol. The Kier molecular flexibility index (Phi) is 6.61. The van der Waals surface area contributed by atoms with Gasteiger partial charge in [0.2, 0.25) is 6.04 Å². The van der Waals surface area contributed by atoms with Gasteiger partial charge in [-0.2, -0.15) is 5.26 Å². The SMILES string of the molecule is CC[N+](C)(CC)C(C#N)c1ccccc1.[I-]. The summed E-state index contributed by atoms with van der Waals surface area (Å²) in [5.41, 5.74) is 1.12. The third kappa shape index (κ3) is 3.19. The summed E-state index contributed by atoms with van der Waals surface area (Å²) in [6, 6.07) is 12.4. The van der Waals surface area contributed by atoms with Crippen LogP contribution in [0.3, 0.4) is 0 Å². The Morgan fingerprint density at radius 2 is 1.69 bits per heavy atom. The smallest absolute Gasteiger partial charge is 0.202 e. The van der Waals surface area contributed by atoms with Crippen molar-refractivity contribution in [3.8, 4) is 6.07 Å². The topological polar surface area (TPSA) is 23.8 Å². The van der Waals surface area contributed by atoms with E-state index in [2.05, 4.69) is 27.0 Å². The lowest BCUT2D eigenvalue weighted by molar-refractivity contribution is -0.928. The van der Waals surface area contributed by atoms with Gasteiger partial charge in [0.25, 0.3) is 0 Å². The lowest BCUT2D eigenvalue weighted by atomic mass is 10.0. The highest BCUT2D eigenvalue weighted by molar-refractivity contribution is 5.21. The fourth-order valence-electron chi connectivity index (χ4n) is 1.80. The second-order valence-corrected chi connectivity index (χ2v) is 4.05. The molecule has 0 heterocycles. The summed E-state index contributed by atoms with van der Waals surface area (Å²) in [5.74, 6) is 0. The highest BCUT2D eigenvalue weighted by atomic mass is 127. The van der Waals surface area contributed by atoms with Crippen molar-refractivity contribution in [2.24, 2.45) is 0 Å². The molecule has 0 bridgehead atoms. The third-order valence-electron chi connectivity index (χ3n) is 3.31. The van der Waals surface area contributed by atoms with Gasteiger partial charge in [0.15, 0.2) is 0 Å². The molecular formula is C13H19IN2. The van der Waals surface area contributed by atoms with Crippen LogP contribution in [0.25, 0.3) is 0 Å². The van der Waals surface area contributed by atoms with E-state index in [0.717, 1.165) is 23.1 Å². The van der Waals surface area contributed by atoms with Gasteiger partial charge in [-0.15, -0.1) is 0 Å². The number of hydrogen-bond acceptors (Lipinski definition) is 1. The van der Waals surface area contributed by atoms with Gasteiger partial charge < -0.3 is 28.5 Å². The highest BCUT2D eigenvalue weighted by Gasteiger charge is 2.30. The summed E-state index contributed by atoms with van der Waals surface area (Å²) < 4.78 is 0.778. The molecule has 1 aromatic carbocycles. The first-order chi connectivity index (χ1) is 7.18. The van der Waals surface area contributed by atoms with E-state index in [0.29, 0.717) is 0 Å². The average molecular weight is 330 g/mol. The molecule has 0 aromatic heterocycles. The third-order valence-corrected chi connectivity index (χ3v) is 3.31. The van der Waals surface area contributed by atoms with Gasteiger partial charge in [0.05, 0.1) is 20.1 Å². The van der Waals surface area contributed by atoms with Gasteiger partial charge in [-0.25, -0.2) is 0 Å². The molecule has 0 N–H and O–H groups in total. The van der Waals surface area contributed by atoms with E-state index in [4.69, 9.17) is 0 Å². The molecule has 1 rings (SSSR count). The summed E-state index contributed by atoms with van der Waals surface area (Å²) >= 11 is 0. The maximum atomic E-state index is 9.31. The standard InChI is InChI=1S/C13H19N2.HI/c1-4-15(3,5-2)13(11-14)12-9-7-6-8-10-12;/h6-10,13H,4-5H2,1-3H3;1H/q+1;/p-1.